The fourth-order valence-corrected chi connectivity index (χ4v) is 3.39. The molecule has 146 valence electrons. The van der Waals surface area contributed by atoms with Crippen LogP contribution in [-0.4, -0.2) is 30.9 Å². The molecule has 0 bridgehead atoms. The second kappa shape index (κ2) is 11.9. The van der Waals surface area contributed by atoms with E-state index in [2.05, 4.69) is 5.32 Å². The van der Waals surface area contributed by atoms with Crippen LogP contribution in [0.3, 0.4) is 0 Å². The van der Waals surface area contributed by atoms with Crippen molar-refractivity contribution in [2.75, 3.05) is 13.2 Å². The first-order valence-corrected chi connectivity index (χ1v) is 9.33. The van der Waals surface area contributed by atoms with Crippen molar-refractivity contribution in [1.29, 1.82) is 0 Å². The molecule has 1 aliphatic rings. The van der Waals surface area contributed by atoms with Gasteiger partial charge in [-0.1, -0.05) is 19.3 Å². The maximum absolute atomic E-state index is 12.1. The highest BCUT2D eigenvalue weighted by atomic mass is 35.5. The molecule has 0 aromatic heterocycles. The highest BCUT2D eigenvalue weighted by Gasteiger charge is 2.23. The van der Waals surface area contributed by atoms with E-state index in [1.165, 1.54) is 39.0 Å². The number of hydrogen-bond donors (Lipinski definition) is 2. The van der Waals surface area contributed by atoms with Crippen molar-refractivity contribution < 1.29 is 14.3 Å². The van der Waals surface area contributed by atoms with Crippen LogP contribution in [0.25, 0.3) is 0 Å². The molecular weight excluding hydrogens is 352 g/mol. The van der Waals surface area contributed by atoms with E-state index in [9.17, 15) is 9.59 Å². The number of ketones is 1. The number of rotatable bonds is 9. The third-order valence-electron chi connectivity index (χ3n) is 4.90. The van der Waals surface area contributed by atoms with Crippen molar-refractivity contribution in [3.8, 4) is 5.75 Å². The Morgan fingerprint density at radius 3 is 2.42 bits per heavy atom. The first kappa shape index (κ1) is 22.5. The van der Waals surface area contributed by atoms with Crippen molar-refractivity contribution >= 4 is 24.1 Å². The average molecular weight is 383 g/mol. The molecule has 5 nitrogen and oxygen atoms in total. The Balaban J connectivity index is 0.00000338. The largest absolute Gasteiger partial charge is 0.494 e. The Labute approximate surface area is 162 Å². The number of ether oxygens (including phenoxy) is 1. The van der Waals surface area contributed by atoms with E-state index in [-0.39, 0.29) is 30.1 Å². The summed E-state index contributed by atoms with van der Waals surface area (Å²) < 4.78 is 5.62. The van der Waals surface area contributed by atoms with Gasteiger partial charge >= 0.3 is 0 Å². The maximum Gasteiger partial charge on any atom is 0.220 e. The van der Waals surface area contributed by atoms with E-state index in [1.807, 2.05) is 0 Å². The summed E-state index contributed by atoms with van der Waals surface area (Å²) in [5, 5.41) is 3.10. The van der Waals surface area contributed by atoms with Crippen LogP contribution in [0.2, 0.25) is 0 Å². The molecule has 0 heterocycles. The SMILES string of the molecule is CC(=O)c1ccc(OCCCC(=O)NC(CN)C2CCCCC2)cc1.Cl. The zero-order valence-electron chi connectivity index (χ0n) is 15.5. The number of halogens is 1. The Bertz CT molecular complexity index is 557. The molecular formula is C20H31ClN2O3. The maximum atomic E-state index is 12.1. The number of carbonyl (C=O) groups excluding carboxylic acids is 2. The first-order chi connectivity index (χ1) is 12.1. The number of nitrogens with one attached hydrogen (secondary N) is 1. The number of carbonyl (C=O) groups is 2. The van der Waals surface area contributed by atoms with Crippen LogP contribution in [0.4, 0.5) is 0 Å². The van der Waals surface area contributed by atoms with Gasteiger partial charge in [0, 0.05) is 24.6 Å². The van der Waals surface area contributed by atoms with Gasteiger partial charge in [-0.2, -0.15) is 0 Å². The topological polar surface area (TPSA) is 81.4 Å². The van der Waals surface area contributed by atoms with Crippen molar-refractivity contribution in [2.45, 2.75) is 57.9 Å². The van der Waals surface area contributed by atoms with Crippen molar-refractivity contribution in [2.24, 2.45) is 11.7 Å². The normalized spacial score (nSPS) is 15.6. The fraction of sp³-hybridized carbons (Fsp3) is 0.600. The van der Waals surface area contributed by atoms with Crippen molar-refractivity contribution in [1.82, 2.24) is 5.32 Å². The van der Waals surface area contributed by atoms with Gasteiger partial charge in [-0.25, -0.2) is 0 Å². The summed E-state index contributed by atoms with van der Waals surface area (Å²) in [7, 11) is 0. The molecule has 2 rings (SSSR count). The number of nitrogens with two attached hydrogens (primary N) is 1. The summed E-state index contributed by atoms with van der Waals surface area (Å²) in [6.45, 7) is 2.52. The molecule has 26 heavy (non-hydrogen) atoms. The predicted molar refractivity (Wildman–Crippen MR) is 106 cm³/mol. The summed E-state index contributed by atoms with van der Waals surface area (Å²) in [4.78, 5) is 23.4. The Morgan fingerprint density at radius 1 is 1.19 bits per heavy atom. The lowest BCUT2D eigenvalue weighted by Gasteiger charge is -2.30. The first-order valence-electron chi connectivity index (χ1n) is 9.33. The summed E-state index contributed by atoms with van der Waals surface area (Å²) in [5.74, 6) is 1.33. The molecule has 1 amide bonds. The van der Waals surface area contributed by atoms with Crippen molar-refractivity contribution in [3.63, 3.8) is 0 Å². The molecule has 0 spiro atoms. The van der Waals surface area contributed by atoms with E-state index < -0.39 is 0 Å². The number of hydrogen-bond acceptors (Lipinski definition) is 4. The zero-order chi connectivity index (χ0) is 18.1. The Hall–Kier alpha value is -1.59. The van der Waals surface area contributed by atoms with Gasteiger partial charge in [0.1, 0.15) is 5.75 Å². The van der Waals surface area contributed by atoms with Crippen molar-refractivity contribution in [3.05, 3.63) is 29.8 Å². The van der Waals surface area contributed by atoms with Gasteiger partial charge in [-0.05, 0) is 56.4 Å². The summed E-state index contributed by atoms with van der Waals surface area (Å²) >= 11 is 0. The number of amides is 1. The third-order valence-corrected chi connectivity index (χ3v) is 4.90. The predicted octanol–water partition coefficient (Wildman–Crippen LogP) is 3.49. The second-order valence-electron chi connectivity index (χ2n) is 6.84. The van der Waals surface area contributed by atoms with E-state index in [0.29, 0.717) is 43.2 Å². The molecule has 6 heteroatoms. The second-order valence-corrected chi connectivity index (χ2v) is 6.84. The number of Topliss-reactive ketones (excluding diaryl/α,β-unsaturated/α-hetero) is 1. The molecule has 1 unspecified atom stereocenters. The Kier molecular flexibility index (Phi) is 10.3. The number of benzene rings is 1. The molecule has 1 aromatic rings. The van der Waals surface area contributed by atoms with Crippen LogP contribution >= 0.6 is 12.4 Å². The van der Waals surface area contributed by atoms with Crippen LogP contribution in [0.5, 0.6) is 5.75 Å². The highest BCUT2D eigenvalue weighted by molar-refractivity contribution is 5.94. The molecule has 0 radical (unpaired) electrons. The van der Waals surface area contributed by atoms with E-state index >= 15 is 0 Å². The monoisotopic (exact) mass is 382 g/mol. The quantitative estimate of drug-likeness (QED) is 0.506. The molecule has 1 fully saturated rings. The molecule has 1 atom stereocenters. The fourth-order valence-electron chi connectivity index (χ4n) is 3.39. The minimum atomic E-state index is 0. The van der Waals surface area contributed by atoms with Crippen LogP contribution in [0, 0.1) is 5.92 Å². The van der Waals surface area contributed by atoms with Crippen LogP contribution in [0.15, 0.2) is 24.3 Å². The summed E-state index contributed by atoms with van der Waals surface area (Å²) in [6, 6.07) is 7.17. The molecule has 0 saturated heterocycles. The molecule has 1 saturated carbocycles. The van der Waals surface area contributed by atoms with Crippen LogP contribution in [0.1, 0.15) is 62.2 Å². The molecule has 0 aliphatic heterocycles. The molecule has 1 aromatic carbocycles. The van der Waals surface area contributed by atoms with Crippen LogP contribution < -0.4 is 15.8 Å². The molecule has 1 aliphatic carbocycles. The van der Waals surface area contributed by atoms with E-state index in [0.717, 1.165) is 0 Å². The molecule has 3 N–H and O–H groups in total. The minimum Gasteiger partial charge on any atom is -0.494 e. The van der Waals surface area contributed by atoms with Gasteiger partial charge in [-0.3, -0.25) is 9.59 Å². The lowest BCUT2D eigenvalue weighted by Crippen LogP contribution is -2.45. The average Bonchev–Trinajstić information content (AvgIpc) is 2.64. The van der Waals surface area contributed by atoms with Gasteiger partial charge in [0.25, 0.3) is 0 Å². The van der Waals surface area contributed by atoms with Crippen LogP contribution in [-0.2, 0) is 4.79 Å². The van der Waals surface area contributed by atoms with Gasteiger partial charge < -0.3 is 15.8 Å². The summed E-state index contributed by atoms with van der Waals surface area (Å²) in [6.07, 6.45) is 7.22. The van der Waals surface area contributed by atoms with E-state index in [1.54, 1.807) is 24.3 Å². The van der Waals surface area contributed by atoms with Gasteiger partial charge in [-0.15, -0.1) is 12.4 Å². The van der Waals surface area contributed by atoms with Gasteiger partial charge in [0.15, 0.2) is 5.78 Å². The Morgan fingerprint density at radius 2 is 1.85 bits per heavy atom. The summed E-state index contributed by atoms with van der Waals surface area (Å²) in [5.41, 5.74) is 6.52. The smallest absolute Gasteiger partial charge is 0.220 e. The highest BCUT2D eigenvalue weighted by Crippen LogP contribution is 2.26. The minimum absolute atomic E-state index is 0. The third kappa shape index (κ3) is 7.34. The zero-order valence-corrected chi connectivity index (χ0v) is 16.4. The standard InChI is InChI=1S/C20H30N2O3.ClH/c1-15(23)16-9-11-18(12-10-16)25-13-5-8-20(24)22-19(14-21)17-6-3-2-4-7-17;/h9-12,17,19H,2-8,13-14,21H2,1H3,(H,22,24);1H. The van der Waals surface area contributed by atoms with Gasteiger partial charge in [0.05, 0.1) is 6.61 Å². The van der Waals surface area contributed by atoms with E-state index in [4.69, 9.17) is 10.5 Å². The van der Waals surface area contributed by atoms with Gasteiger partial charge in [0.2, 0.25) is 5.91 Å². The lowest BCUT2D eigenvalue weighted by atomic mass is 9.84. The lowest BCUT2D eigenvalue weighted by molar-refractivity contribution is -0.122.